The van der Waals surface area contributed by atoms with E-state index in [1.807, 2.05) is 33.8 Å². The Bertz CT molecular complexity index is 497. The number of rotatable bonds is 4. The largest absolute Gasteiger partial charge is 0.490 e. The van der Waals surface area contributed by atoms with Crippen LogP contribution in [0.4, 0.5) is 11.4 Å². The van der Waals surface area contributed by atoms with Gasteiger partial charge in [-0.1, -0.05) is 20.8 Å². The highest BCUT2D eigenvalue weighted by molar-refractivity contribution is 7.73. The van der Waals surface area contributed by atoms with Gasteiger partial charge in [-0.25, -0.2) is 8.42 Å². The van der Waals surface area contributed by atoms with Crippen LogP contribution in [0.15, 0.2) is 12.1 Å². The Labute approximate surface area is 109 Å². The summed E-state index contributed by atoms with van der Waals surface area (Å²) in [5.74, 6) is 0.379. The van der Waals surface area contributed by atoms with Crippen LogP contribution in [0.5, 0.6) is 5.75 Å². The van der Waals surface area contributed by atoms with Crippen LogP contribution in [0.2, 0.25) is 0 Å². The molecule has 0 aromatic heterocycles. The van der Waals surface area contributed by atoms with Crippen molar-refractivity contribution in [2.75, 3.05) is 17.1 Å². The summed E-state index contributed by atoms with van der Waals surface area (Å²) in [7, 11) is -2.75. The Balaban J connectivity index is 3.36. The predicted octanol–water partition coefficient (Wildman–Crippen LogP) is 1.90. The van der Waals surface area contributed by atoms with E-state index >= 15 is 0 Å². The summed E-state index contributed by atoms with van der Waals surface area (Å²) < 4.78 is 29.4. The summed E-state index contributed by atoms with van der Waals surface area (Å²) in [4.78, 5) is 0. The van der Waals surface area contributed by atoms with Crippen LogP contribution < -0.4 is 15.2 Å². The van der Waals surface area contributed by atoms with Gasteiger partial charge >= 0.3 is 0 Å². The zero-order valence-corrected chi connectivity index (χ0v) is 12.0. The second-order valence-electron chi connectivity index (χ2n) is 4.99. The molecule has 0 aliphatic heterocycles. The van der Waals surface area contributed by atoms with Crippen LogP contribution in [-0.2, 0) is 16.3 Å². The van der Waals surface area contributed by atoms with E-state index in [1.165, 1.54) is 0 Å². The number of nitrogens with one attached hydrogen (secondary N) is 1. The fourth-order valence-corrected chi connectivity index (χ4v) is 1.93. The minimum Gasteiger partial charge on any atom is -0.490 e. The molecular weight excluding hydrogens is 252 g/mol. The van der Waals surface area contributed by atoms with Gasteiger partial charge in [0.2, 0.25) is 10.9 Å². The first-order valence-corrected chi connectivity index (χ1v) is 6.91. The number of nitrogens with two attached hydrogens (primary N) is 1. The van der Waals surface area contributed by atoms with Gasteiger partial charge in [0.05, 0.1) is 18.0 Å². The van der Waals surface area contributed by atoms with Gasteiger partial charge in [-0.05, 0) is 30.0 Å². The number of nitrogen functional groups attached to an aromatic ring is 1. The number of hydrogen-bond acceptors (Lipinski definition) is 4. The molecule has 0 atom stereocenters. The Morgan fingerprint density at radius 3 is 2.39 bits per heavy atom. The van der Waals surface area contributed by atoms with Gasteiger partial charge in [-0.2, -0.15) is 0 Å². The summed E-state index contributed by atoms with van der Waals surface area (Å²) in [5, 5.41) is 0. The first-order chi connectivity index (χ1) is 8.25. The zero-order valence-electron chi connectivity index (χ0n) is 11.1. The molecule has 0 unspecified atom stereocenters. The van der Waals surface area contributed by atoms with E-state index in [2.05, 4.69) is 4.72 Å². The highest BCUT2D eigenvalue weighted by atomic mass is 32.2. The fourth-order valence-electron chi connectivity index (χ4n) is 1.57. The van der Waals surface area contributed by atoms with Gasteiger partial charge in [0.25, 0.3) is 0 Å². The molecule has 0 saturated carbocycles. The summed E-state index contributed by atoms with van der Waals surface area (Å²) in [5.41, 5.74) is 7.57. The maximum Gasteiger partial charge on any atom is 0.222 e. The first kappa shape index (κ1) is 14.6. The molecule has 0 aliphatic rings. The molecule has 0 aliphatic carbocycles. The van der Waals surface area contributed by atoms with Crippen molar-refractivity contribution in [3.63, 3.8) is 0 Å². The molecule has 0 heterocycles. The van der Waals surface area contributed by atoms with Crippen LogP contribution in [-0.4, -0.2) is 15.0 Å². The van der Waals surface area contributed by atoms with Crippen LogP contribution in [0.3, 0.4) is 0 Å². The Kier molecular flexibility index (Phi) is 4.45. The van der Waals surface area contributed by atoms with Gasteiger partial charge in [0.1, 0.15) is 0 Å². The molecule has 3 N–H and O–H groups in total. The maximum atomic E-state index is 10.8. The van der Waals surface area contributed by atoms with Gasteiger partial charge in [-0.15, -0.1) is 0 Å². The number of benzene rings is 1. The van der Waals surface area contributed by atoms with Gasteiger partial charge in [0.15, 0.2) is 5.75 Å². The lowest BCUT2D eigenvalue weighted by molar-refractivity contribution is 0.343. The molecule has 0 radical (unpaired) electrons. The van der Waals surface area contributed by atoms with E-state index in [0.717, 1.165) is 5.56 Å². The molecule has 0 amide bonds. The molecular formula is C12H20N2O3S. The predicted molar refractivity (Wildman–Crippen MR) is 74.7 cm³/mol. The topological polar surface area (TPSA) is 81.4 Å². The minimum absolute atomic E-state index is 0.121. The summed E-state index contributed by atoms with van der Waals surface area (Å²) in [6.07, 6.45) is 0. The van der Waals surface area contributed by atoms with Crippen molar-refractivity contribution in [1.29, 1.82) is 0 Å². The third-order valence-electron chi connectivity index (χ3n) is 2.48. The number of thiol groups is 1. The van der Waals surface area contributed by atoms with Crippen molar-refractivity contribution in [3.8, 4) is 5.75 Å². The normalized spacial score (nSPS) is 11.6. The number of hydrogen-bond donors (Lipinski definition) is 3. The molecule has 6 heteroatoms. The van der Waals surface area contributed by atoms with E-state index in [1.54, 1.807) is 6.07 Å². The van der Waals surface area contributed by atoms with E-state index in [9.17, 15) is 8.42 Å². The van der Waals surface area contributed by atoms with Crippen molar-refractivity contribution in [3.05, 3.63) is 17.7 Å². The average Bonchev–Trinajstić information content (AvgIpc) is 2.20. The van der Waals surface area contributed by atoms with Crippen molar-refractivity contribution in [2.45, 2.75) is 33.1 Å². The molecule has 1 aromatic rings. The van der Waals surface area contributed by atoms with Crippen molar-refractivity contribution in [1.82, 2.24) is 0 Å². The molecule has 102 valence electrons. The number of ether oxygens (including phenoxy) is 1. The highest BCUT2D eigenvalue weighted by Gasteiger charge is 2.18. The molecule has 18 heavy (non-hydrogen) atoms. The second kappa shape index (κ2) is 5.48. The fraction of sp³-hybridized carbons (Fsp3) is 0.500. The molecule has 0 bridgehead atoms. The Morgan fingerprint density at radius 2 is 1.94 bits per heavy atom. The lowest BCUT2D eigenvalue weighted by Crippen LogP contribution is -2.13. The van der Waals surface area contributed by atoms with Crippen molar-refractivity contribution < 1.29 is 13.2 Å². The quantitative estimate of drug-likeness (QED) is 0.577. The van der Waals surface area contributed by atoms with Gasteiger partial charge in [0, 0.05) is 0 Å². The second-order valence-corrected chi connectivity index (χ2v) is 5.73. The molecule has 1 aromatic carbocycles. The maximum absolute atomic E-state index is 10.8. The summed E-state index contributed by atoms with van der Waals surface area (Å²) in [6.45, 7) is 8.33. The highest BCUT2D eigenvalue weighted by Crippen LogP contribution is 2.37. The average molecular weight is 272 g/mol. The standard InChI is InChI=1S/C12H20N2O3S/c1-5-17-11-9(13)6-8(12(2,3)4)7-10(11)14-18(15)16/h6-7,18H,5,13H2,1-4H3,(H,14,15,16). The molecule has 0 spiro atoms. The van der Waals surface area contributed by atoms with Crippen LogP contribution in [0, 0.1) is 0 Å². The SMILES string of the molecule is CCOc1c(N)cc(C(C)(C)C)cc1N[SH](=O)=O. The lowest BCUT2D eigenvalue weighted by Gasteiger charge is -2.22. The summed E-state index contributed by atoms with van der Waals surface area (Å²) >= 11 is 0. The third kappa shape index (κ3) is 3.53. The van der Waals surface area contributed by atoms with Crippen molar-refractivity contribution in [2.24, 2.45) is 0 Å². The van der Waals surface area contributed by atoms with E-state index in [0.29, 0.717) is 23.7 Å². The molecule has 5 nitrogen and oxygen atoms in total. The first-order valence-electron chi connectivity index (χ1n) is 5.73. The number of anilines is 2. The zero-order chi connectivity index (χ0) is 13.9. The lowest BCUT2D eigenvalue weighted by atomic mass is 9.86. The molecule has 1 rings (SSSR count). The summed E-state index contributed by atoms with van der Waals surface area (Å²) in [6, 6.07) is 3.57. The van der Waals surface area contributed by atoms with E-state index in [4.69, 9.17) is 10.5 Å². The van der Waals surface area contributed by atoms with Crippen LogP contribution in [0.25, 0.3) is 0 Å². The van der Waals surface area contributed by atoms with E-state index < -0.39 is 10.9 Å². The van der Waals surface area contributed by atoms with Crippen LogP contribution >= 0.6 is 0 Å². The smallest absolute Gasteiger partial charge is 0.222 e. The van der Waals surface area contributed by atoms with Gasteiger partial charge in [-0.3, -0.25) is 4.72 Å². The minimum atomic E-state index is -2.75. The van der Waals surface area contributed by atoms with Gasteiger partial charge < -0.3 is 10.5 Å². The Morgan fingerprint density at radius 1 is 1.33 bits per heavy atom. The van der Waals surface area contributed by atoms with E-state index in [-0.39, 0.29) is 5.41 Å². The van der Waals surface area contributed by atoms with Crippen molar-refractivity contribution >= 4 is 22.3 Å². The Hall–Kier alpha value is -1.43. The molecule has 0 fully saturated rings. The monoisotopic (exact) mass is 272 g/mol. The van der Waals surface area contributed by atoms with Crippen LogP contribution in [0.1, 0.15) is 33.3 Å². The third-order valence-corrected chi connectivity index (χ3v) is 2.91. The molecule has 0 saturated heterocycles.